The quantitative estimate of drug-likeness (QED) is 0.320. The second kappa shape index (κ2) is 12.9. The summed E-state index contributed by atoms with van der Waals surface area (Å²) in [4.78, 5) is 19.1. The summed E-state index contributed by atoms with van der Waals surface area (Å²) >= 11 is 0. The fraction of sp³-hybridized carbons (Fsp3) is 0.483. The minimum atomic E-state index is -5.07. The molecule has 1 amide bonds. The van der Waals surface area contributed by atoms with Crippen LogP contribution in [0.1, 0.15) is 32.6 Å². The van der Waals surface area contributed by atoms with Gasteiger partial charge < -0.3 is 9.64 Å². The zero-order valence-corrected chi connectivity index (χ0v) is 22.6. The van der Waals surface area contributed by atoms with Gasteiger partial charge in [-0.2, -0.15) is 26.3 Å². The van der Waals surface area contributed by atoms with Crippen LogP contribution in [0.5, 0.6) is 0 Å². The van der Waals surface area contributed by atoms with Gasteiger partial charge in [0.25, 0.3) is 5.91 Å². The lowest BCUT2D eigenvalue weighted by atomic mass is 9.98. The molecule has 0 radical (unpaired) electrons. The molecule has 2 aliphatic rings. The Morgan fingerprint density at radius 1 is 0.878 bits per heavy atom. The van der Waals surface area contributed by atoms with Gasteiger partial charge >= 0.3 is 12.4 Å². The molecule has 41 heavy (non-hydrogen) atoms. The van der Waals surface area contributed by atoms with Crippen molar-refractivity contribution in [2.45, 2.75) is 31.7 Å². The Bertz CT molecular complexity index is 1210. The molecular formula is C29H32F7N3O2. The monoisotopic (exact) mass is 587 g/mol. The maximum absolute atomic E-state index is 14.3. The number of amides is 1. The Balaban J connectivity index is 1.55. The lowest BCUT2D eigenvalue weighted by Crippen LogP contribution is -2.56. The van der Waals surface area contributed by atoms with Crippen molar-refractivity contribution < 1.29 is 40.3 Å². The number of halogens is 7. The highest BCUT2D eigenvalue weighted by atomic mass is 19.4. The third kappa shape index (κ3) is 8.30. The summed E-state index contributed by atoms with van der Waals surface area (Å²) in [6.45, 7) is 6.73. The third-order valence-electron chi connectivity index (χ3n) is 7.37. The normalized spacial score (nSPS) is 19.7. The Labute approximate surface area is 234 Å². The molecular weight excluding hydrogens is 555 g/mol. The van der Waals surface area contributed by atoms with Crippen LogP contribution in [0, 0.1) is 12.7 Å². The maximum atomic E-state index is 14.3. The van der Waals surface area contributed by atoms with Gasteiger partial charge in [0.2, 0.25) is 0 Å². The number of ether oxygens (including phenoxy) is 1. The Morgan fingerprint density at radius 3 is 2.07 bits per heavy atom. The topological polar surface area (TPSA) is 36.0 Å². The predicted octanol–water partition coefficient (Wildman–Crippen LogP) is 5.43. The number of hydrogen-bond donors (Lipinski definition) is 0. The van der Waals surface area contributed by atoms with Gasteiger partial charge in [-0.05, 0) is 48.7 Å². The molecule has 0 saturated carbocycles. The number of rotatable bonds is 7. The molecule has 12 heteroatoms. The van der Waals surface area contributed by atoms with Crippen molar-refractivity contribution in [3.05, 3.63) is 82.2 Å². The third-order valence-corrected chi connectivity index (χ3v) is 7.37. The van der Waals surface area contributed by atoms with Crippen molar-refractivity contribution in [2.75, 3.05) is 59.0 Å². The van der Waals surface area contributed by atoms with Gasteiger partial charge in [0.05, 0.1) is 24.3 Å². The number of carbonyl (C=O) groups is 1. The second-order valence-electron chi connectivity index (χ2n) is 10.4. The smallest absolute Gasteiger partial charge is 0.379 e. The SMILES string of the molecule is Cc1ccc(C[C@@H]2CN(C/C=C/CN3CCOCC3)CCN2C(=O)c2cc(C(F)(F)F)cc(C(F)(F)F)c2)cc1F. The van der Waals surface area contributed by atoms with Crippen molar-refractivity contribution in [1.82, 2.24) is 14.7 Å². The molecule has 0 aliphatic carbocycles. The highest BCUT2D eigenvalue weighted by Crippen LogP contribution is 2.37. The zero-order valence-electron chi connectivity index (χ0n) is 22.6. The van der Waals surface area contributed by atoms with E-state index in [1.165, 1.54) is 11.0 Å². The number of nitrogens with zero attached hydrogens (tertiary/aromatic N) is 3. The molecule has 224 valence electrons. The zero-order chi connectivity index (χ0) is 29.8. The summed E-state index contributed by atoms with van der Waals surface area (Å²) in [6.07, 6.45) is -5.92. The molecule has 2 heterocycles. The van der Waals surface area contributed by atoms with Crippen LogP contribution < -0.4 is 0 Å². The van der Waals surface area contributed by atoms with Crippen molar-refractivity contribution in [1.29, 1.82) is 0 Å². The molecule has 0 aromatic heterocycles. The molecule has 2 saturated heterocycles. The average molecular weight is 588 g/mol. The van der Waals surface area contributed by atoms with E-state index in [2.05, 4.69) is 9.80 Å². The van der Waals surface area contributed by atoms with Crippen LogP contribution in [0.3, 0.4) is 0 Å². The minimum absolute atomic E-state index is 0.00450. The van der Waals surface area contributed by atoms with E-state index in [-0.39, 0.29) is 19.0 Å². The van der Waals surface area contributed by atoms with Gasteiger partial charge in [-0.3, -0.25) is 14.6 Å². The Kier molecular flexibility index (Phi) is 9.76. The second-order valence-corrected chi connectivity index (χ2v) is 10.4. The first-order chi connectivity index (χ1) is 19.3. The van der Waals surface area contributed by atoms with Crippen LogP contribution in [0.25, 0.3) is 0 Å². The van der Waals surface area contributed by atoms with Crippen LogP contribution in [0.15, 0.2) is 48.6 Å². The molecule has 0 unspecified atom stereocenters. The lowest BCUT2D eigenvalue weighted by molar-refractivity contribution is -0.143. The summed E-state index contributed by atoms with van der Waals surface area (Å²) in [5.74, 6) is -1.37. The first kappa shape index (κ1) is 31.0. The molecule has 5 nitrogen and oxygen atoms in total. The largest absolute Gasteiger partial charge is 0.416 e. The van der Waals surface area contributed by atoms with E-state index in [0.717, 1.165) is 19.6 Å². The van der Waals surface area contributed by atoms with Gasteiger partial charge in [-0.15, -0.1) is 0 Å². The molecule has 2 aromatic rings. The lowest BCUT2D eigenvalue weighted by Gasteiger charge is -2.41. The van der Waals surface area contributed by atoms with Crippen LogP contribution >= 0.6 is 0 Å². The predicted molar refractivity (Wildman–Crippen MR) is 139 cm³/mol. The number of carbonyl (C=O) groups excluding carboxylic acids is 1. The van der Waals surface area contributed by atoms with Gasteiger partial charge in [0.15, 0.2) is 0 Å². The van der Waals surface area contributed by atoms with Crippen molar-refractivity contribution >= 4 is 5.91 Å². The summed E-state index contributed by atoms with van der Waals surface area (Å²) < 4.78 is 100. The Morgan fingerprint density at radius 2 is 1.49 bits per heavy atom. The van der Waals surface area contributed by atoms with Gasteiger partial charge in [0, 0.05) is 57.4 Å². The first-order valence-electron chi connectivity index (χ1n) is 13.3. The average Bonchev–Trinajstić information content (AvgIpc) is 2.92. The fourth-order valence-electron chi connectivity index (χ4n) is 5.04. The standard InChI is InChI=1S/C29H32F7N3O2/c1-20-4-5-21(15-26(20)30)14-25-19-38(7-3-2-6-37-10-12-41-13-11-37)8-9-39(25)27(40)22-16-23(28(31,32)33)18-24(17-22)29(34,35)36/h2-5,15-18,25H,6-14,19H2,1H3/b3-2+/t25-/m1/s1. The number of morpholine rings is 1. The molecule has 2 aromatic carbocycles. The van der Waals surface area contributed by atoms with Gasteiger partial charge in [-0.1, -0.05) is 24.3 Å². The highest BCUT2D eigenvalue weighted by molar-refractivity contribution is 5.95. The van der Waals surface area contributed by atoms with E-state index >= 15 is 0 Å². The molecule has 2 fully saturated rings. The van der Waals surface area contributed by atoms with Crippen molar-refractivity contribution in [2.24, 2.45) is 0 Å². The summed E-state index contributed by atoms with van der Waals surface area (Å²) in [6, 6.07) is 4.95. The van der Waals surface area contributed by atoms with Crippen LogP contribution in [0.2, 0.25) is 0 Å². The highest BCUT2D eigenvalue weighted by Gasteiger charge is 2.39. The van der Waals surface area contributed by atoms with E-state index in [0.29, 0.717) is 56.1 Å². The van der Waals surface area contributed by atoms with Crippen molar-refractivity contribution in [3.8, 4) is 0 Å². The molecule has 1 atom stereocenters. The maximum Gasteiger partial charge on any atom is 0.416 e. The molecule has 0 N–H and O–H groups in total. The number of aryl methyl sites for hydroxylation is 1. The summed E-state index contributed by atoms with van der Waals surface area (Å²) in [5, 5.41) is 0. The number of benzene rings is 2. The van der Waals surface area contributed by atoms with Crippen LogP contribution in [-0.4, -0.2) is 85.7 Å². The summed E-state index contributed by atoms with van der Waals surface area (Å²) in [5.41, 5.74) is -2.78. The van der Waals surface area contributed by atoms with Crippen LogP contribution in [-0.2, 0) is 23.5 Å². The van der Waals surface area contributed by atoms with E-state index in [4.69, 9.17) is 4.74 Å². The first-order valence-corrected chi connectivity index (χ1v) is 13.3. The molecule has 0 bridgehead atoms. The number of hydrogen-bond acceptors (Lipinski definition) is 4. The molecule has 2 aliphatic heterocycles. The molecule has 4 rings (SSSR count). The number of piperazine rings is 1. The summed E-state index contributed by atoms with van der Waals surface area (Å²) in [7, 11) is 0. The molecule has 0 spiro atoms. The van der Waals surface area contributed by atoms with E-state index in [1.54, 1.807) is 19.1 Å². The van der Waals surface area contributed by atoms with E-state index in [1.807, 2.05) is 12.2 Å². The van der Waals surface area contributed by atoms with Crippen molar-refractivity contribution in [3.63, 3.8) is 0 Å². The van der Waals surface area contributed by atoms with E-state index in [9.17, 15) is 35.5 Å². The minimum Gasteiger partial charge on any atom is -0.379 e. The van der Waals surface area contributed by atoms with E-state index < -0.39 is 46.8 Å². The van der Waals surface area contributed by atoms with Gasteiger partial charge in [0.1, 0.15) is 5.82 Å². The van der Waals surface area contributed by atoms with Gasteiger partial charge in [-0.25, -0.2) is 4.39 Å². The Hall–Kier alpha value is -2.96. The fourth-order valence-corrected chi connectivity index (χ4v) is 5.04. The number of alkyl halides is 6. The van der Waals surface area contributed by atoms with Crippen LogP contribution in [0.4, 0.5) is 30.7 Å².